The molecule has 1 saturated carbocycles. The van der Waals surface area contributed by atoms with Crippen LogP contribution in [0, 0.1) is 17.2 Å². The number of benzene rings is 1. The summed E-state index contributed by atoms with van der Waals surface area (Å²) in [6.07, 6.45) is 3.22. The zero-order chi connectivity index (χ0) is 14.5. The van der Waals surface area contributed by atoms with Crippen molar-refractivity contribution < 1.29 is 9.47 Å². The molecule has 108 valence electrons. The molecule has 0 spiro atoms. The molecule has 3 unspecified atom stereocenters. The van der Waals surface area contributed by atoms with E-state index < -0.39 is 0 Å². The molecule has 1 aromatic rings. The molecule has 3 atom stereocenters. The minimum Gasteiger partial charge on any atom is -0.493 e. The summed E-state index contributed by atoms with van der Waals surface area (Å²) in [6.45, 7) is 2.12. The lowest BCUT2D eigenvalue weighted by atomic mass is 10.0. The summed E-state index contributed by atoms with van der Waals surface area (Å²) >= 11 is 0. The van der Waals surface area contributed by atoms with Crippen LogP contribution >= 0.6 is 0 Å². The van der Waals surface area contributed by atoms with Crippen LogP contribution in [0.2, 0.25) is 0 Å². The largest absolute Gasteiger partial charge is 0.493 e. The third-order valence-corrected chi connectivity index (χ3v) is 4.05. The second kappa shape index (κ2) is 6.62. The highest BCUT2D eigenvalue weighted by Gasteiger charge is 2.28. The Morgan fingerprint density at radius 2 is 2.00 bits per heavy atom. The normalized spacial score (nSPS) is 23.1. The van der Waals surface area contributed by atoms with Gasteiger partial charge in [0.2, 0.25) is 0 Å². The van der Waals surface area contributed by atoms with Crippen LogP contribution in [-0.4, -0.2) is 20.3 Å². The number of methoxy groups -OCH3 is 2. The Morgan fingerprint density at radius 1 is 1.25 bits per heavy atom. The van der Waals surface area contributed by atoms with Crippen molar-refractivity contribution in [2.75, 3.05) is 14.2 Å². The number of nitrogens with zero attached hydrogens (tertiary/aromatic N) is 1. The Hall–Kier alpha value is -1.73. The van der Waals surface area contributed by atoms with Crippen molar-refractivity contribution >= 4 is 0 Å². The van der Waals surface area contributed by atoms with Crippen LogP contribution < -0.4 is 14.8 Å². The van der Waals surface area contributed by atoms with Gasteiger partial charge < -0.3 is 14.8 Å². The van der Waals surface area contributed by atoms with E-state index in [4.69, 9.17) is 14.7 Å². The van der Waals surface area contributed by atoms with Crippen molar-refractivity contribution in [3.8, 4) is 17.6 Å². The first-order chi connectivity index (χ1) is 9.69. The van der Waals surface area contributed by atoms with Crippen LogP contribution in [0.25, 0.3) is 0 Å². The third-order valence-electron chi connectivity index (χ3n) is 4.05. The van der Waals surface area contributed by atoms with Gasteiger partial charge in [0.15, 0.2) is 11.5 Å². The molecule has 0 aromatic heterocycles. The van der Waals surface area contributed by atoms with Crippen molar-refractivity contribution in [3.05, 3.63) is 23.8 Å². The van der Waals surface area contributed by atoms with Gasteiger partial charge in [0.05, 0.1) is 26.2 Å². The van der Waals surface area contributed by atoms with E-state index in [1.807, 2.05) is 18.2 Å². The second-order valence-electron chi connectivity index (χ2n) is 5.28. The van der Waals surface area contributed by atoms with Gasteiger partial charge in [-0.05, 0) is 37.5 Å². The van der Waals surface area contributed by atoms with Gasteiger partial charge in [-0.15, -0.1) is 0 Å². The molecular formula is C16H22N2O2. The van der Waals surface area contributed by atoms with Crippen LogP contribution in [-0.2, 0) is 0 Å². The van der Waals surface area contributed by atoms with Gasteiger partial charge >= 0.3 is 0 Å². The zero-order valence-corrected chi connectivity index (χ0v) is 12.3. The highest BCUT2D eigenvalue weighted by Crippen LogP contribution is 2.32. The molecule has 20 heavy (non-hydrogen) atoms. The summed E-state index contributed by atoms with van der Waals surface area (Å²) in [5.41, 5.74) is 1.14. The van der Waals surface area contributed by atoms with Crippen molar-refractivity contribution in [1.29, 1.82) is 5.26 Å². The fourth-order valence-corrected chi connectivity index (χ4v) is 2.85. The lowest BCUT2D eigenvalue weighted by Crippen LogP contribution is -2.33. The molecule has 4 nitrogen and oxygen atoms in total. The van der Waals surface area contributed by atoms with E-state index in [1.54, 1.807) is 14.2 Å². The smallest absolute Gasteiger partial charge is 0.161 e. The first-order valence-electron chi connectivity index (χ1n) is 7.07. The summed E-state index contributed by atoms with van der Waals surface area (Å²) in [5, 5.41) is 12.7. The molecule has 0 radical (unpaired) electrons. The quantitative estimate of drug-likeness (QED) is 0.896. The van der Waals surface area contributed by atoms with Gasteiger partial charge in [-0.3, -0.25) is 0 Å². The average Bonchev–Trinajstić information content (AvgIpc) is 2.93. The number of rotatable bonds is 5. The molecule has 0 heterocycles. The predicted octanol–water partition coefficient (Wildman–Crippen LogP) is 3.05. The predicted molar refractivity (Wildman–Crippen MR) is 77.8 cm³/mol. The highest BCUT2D eigenvalue weighted by molar-refractivity contribution is 5.43. The fraction of sp³-hybridized carbons (Fsp3) is 0.562. The molecule has 1 aromatic carbocycles. The molecule has 1 fully saturated rings. The van der Waals surface area contributed by atoms with Crippen LogP contribution in [0.4, 0.5) is 0 Å². The second-order valence-corrected chi connectivity index (χ2v) is 5.28. The monoisotopic (exact) mass is 274 g/mol. The molecule has 1 aliphatic carbocycles. The van der Waals surface area contributed by atoms with Crippen LogP contribution in [0.15, 0.2) is 18.2 Å². The molecule has 1 N–H and O–H groups in total. The molecule has 1 aliphatic rings. The van der Waals surface area contributed by atoms with E-state index in [2.05, 4.69) is 18.3 Å². The summed E-state index contributed by atoms with van der Waals surface area (Å²) < 4.78 is 10.6. The van der Waals surface area contributed by atoms with Crippen molar-refractivity contribution in [3.63, 3.8) is 0 Å². The number of hydrogen-bond donors (Lipinski definition) is 1. The highest BCUT2D eigenvalue weighted by atomic mass is 16.5. The van der Waals surface area contributed by atoms with Gasteiger partial charge in [-0.1, -0.05) is 12.5 Å². The van der Waals surface area contributed by atoms with Gasteiger partial charge in [-0.2, -0.15) is 5.26 Å². The Morgan fingerprint density at radius 3 is 2.65 bits per heavy atom. The van der Waals surface area contributed by atoms with Gasteiger partial charge in [-0.25, -0.2) is 0 Å². The van der Waals surface area contributed by atoms with Crippen molar-refractivity contribution in [1.82, 2.24) is 5.32 Å². The first-order valence-corrected chi connectivity index (χ1v) is 7.07. The summed E-state index contributed by atoms with van der Waals surface area (Å²) in [5.74, 6) is 1.61. The molecule has 0 bridgehead atoms. The van der Waals surface area contributed by atoms with E-state index >= 15 is 0 Å². The van der Waals surface area contributed by atoms with Crippen LogP contribution in [0.1, 0.15) is 37.8 Å². The first kappa shape index (κ1) is 14.7. The maximum Gasteiger partial charge on any atom is 0.161 e. The minimum atomic E-state index is 0.137. The van der Waals surface area contributed by atoms with E-state index in [0.29, 0.717) is 6.04 Å². The molecule has 0 saturated heterocycles. The Kier molecular flexibility index (Phi) is 4.86. The summed E-state index contributed by atoms with van der Waals surface area (Å²) in [6, 6.07) is 8.84. The van der Waals surface area contributed by atoms with Crippen LogP contribution in [0.5, 0.6) is 11.5 Å². The number of nitriles is 1. The summed E-state index contributed by atoms with van der Waals surface area (Å²) in [7, 11) is 3.28. The zero-order valence-electron chi connectivity index (χ0n) is 12.3. The van der Waals surface area contributed by atoms with Gasteiger partial charge in [0.1, 0.15) is 0 Å². The van der Waals surface area contributed by atoms with E-state index in [-0.39, 0.29) is 12.0 Å². The lowest BCUT2D eigenvalue weighted by molar-refractivity contribution is 0.353. The molecule has 4 heteroatoms. The number of hydrogen-bond acceptors (Lipinski definition) is 4. The van der Waals surface area contributed by atoms with E-state index in [0.717, 1.165) is 36.3 Å². The van der Waals surface area contributed by atoms with E-state index in [9.17, 15) is 0 Å². The minimum absolute atomic E-state index is 0.137. The summed E-state index contributed by atoms with van der Waals surface area (Å²) in [4.78, 5) is 0. The Balaban J connectivity index is 2.09. The Bertz CT molecular complexity index is 496. The topological polar surface area (TPSA) is 54.3 Å². The maximum atomic E-state index is 9.14. The van der Waals surface area contributed by atoms with Crippen LogP contribution in [0.3, 0.4) is 0 Å². The molecule has 0 aliphatic heterocycles. The number of ether oxygens (including phenoxy) is 2. The number of nitrogens with one attached hydrogen (secondary N) is 1. The molecule has 2 rings (SSSR count). The fourth-order valence-electron chi connectivity index (χ4n) is 2.85. The van der Waals surface area contributed by atoms with Gasteiger partial charge in [0, 0.05) is 12.1 Å². The lowest BCUT2D eigenvalue weighted by Gasteiger charge is -2.22. The van der Waals surface area contributed by atoms with Crippen molar-refractivity contribution in [2.24, 2.45) is 5.92 Å². The third kappa shape index (κ3) is 3.05. The SMILES string of the molecule is COc1ccc(C(C)NC2CCCC2C#N)cc1OC. The Labute approximate surface area is 120 Å². The van der Waals surface area contributed by atoms with Gasteiger partial charge in [0.25, 0.3) is 0 Å². The van der Waals surface area contributed by atoms with Crippen molar-refractivity contribution in [2.45, 2.75) is 38.3 Å². The maximum absolute atomic E-state index is 9.14. The molecule has 0 amide bonds. The average molecular weight is 274 g/mol. The van der Waals surface area contributed by atoms with E-state index in [1.165, 1.54) is 0 Å². The standard InChI is InChI=1S/C16H22N2O2/c1-11(18-14-6-4-5-13(14)10-17)12-7-8-15(19-2)16(9-12)20-3/h7-9,11,13-14,18H,4-6H2,1-3H3. The molecular weight excluding hydrogens is 252 g/mol.